The van der Waals surface area contributed by atoms with E-state index in [4.69, 9.17) is 9.15 Å². The predicted octanol–water partition coefficient (Wildman–Crippen LogP) is 3.53. The van der Waals surface area contributed by atoms with Crippen LogP contribution in [0.25, 0.3) is 22.1 Å². The van der Waals surface area contributed by atoms with Gasteiger partial charge in [-0.05, 0) is 46.7 Å². The summed E-state index contributed by atoms with van der Waals surface area (Å²) in [6, 6.07) is 9.12. The van der Waals surface area contributed by atoms with Crippen LogP contribution in [0.2, 0.25) is 0 Å². The Morgan fingerprint density at radius 3 is 2.83 bits per heavy atom. The fourth-order valence-corrected chi connectivity index (χ4v) is 2.50. The first-order valence-electron chi connectivity index (χ1n) is 5.42. The lowest BCUT2D eigenvalue weighted by Gasteiger charge is -2.03. The smallest absolute Gasteiger partial charge is 0.344 e. The minimum absolute atomic E-state index is 0.314. The monoisotopic (exact) mass is 258 g/mol. The van der Waals surface area contributed by atoms with Gasteiger partial charge in [0.05, 0.1) is 12.7 Å². The lowest BCUT2D eigenvalue weighted by Crippen LogP contribution is -2.01. The molecule has 0 aliphatic heterocycles. The molecular weight excluding hydrogens is 248 g/mol. The van der Waals surface area contributed by atoms with E-state index >= 15 is 0 Å². The highest BCUT2D eigenvalue weighted by atomic mass is 32.1. The number of benzene rings is 1. The van der Waals surface area contributed by atoms with Crippen LogP contribution in [0.15, 0.2) is 50.3 Å². The SMILES string of the molecule is COc1ccc2oc(=O)c(-c3ccsc3)cc2c1. The molecular formula is C14H10O3S. The molecule has 0 spiro atoms. The van der Waals surface area contributed by atoms with Crippen LogP contribution in [-0.2, 0) is 0 Å². The van der Waals surface area contributed by atoms with Gasteiger partial charge in [0.25, 0.3) is 0 Å². The Labute approximate surface area is 107 Å². The van der Waals surface area contributed by atoms with Gasteiger partial charge >= 0.3 is 5.63 Å². The van der Waals surface area contributed by atoms with Gasteiger partial charge in [-0.25, -0.2) is 4.79 Å². The van der Waals surface area contributed by atoms with Gasteiger partial charge in [-0.1, -0.05) is 0 Å². The van der Waals surface area contributed by atoms with Crippen LogP contribution in [0.1, 0.15) is 0 Å². The van der Waals surface area contributed by atoms with Crippen molar-refractivity contribution in [2.24, 2.45) is 0 Å². The first-order chi connectivity index (χ1) is 8.78. The second-order valence-corrected chi connectivity index (χ2v) is 4.64. The number of hydrogen-bond donors (Lipinski definition) is 0. The van der Waals surface area contributed by atoms with Crippen molar-refractivity contribution < 1.29 is 9.15 Å². The highest BCUT2D eigenvalue weighted by Crippen LogP contribution is 2.25. The molecule has 0 bridgehead atoms. The van der Waals surface area contributed by atoms with Crippen LogP contribution in [0, 0.1) is 0 Å². The molecule has 1 aromatic carbocycles. The number of thiophene rings is 1. The van der Waals surface area contributed by atoms with Crippen LogP contribution in [0.3, 0.4) is 0 Å². The van der Waals surface area contributed by atoms with Gasteiger partial charge in [0.2, 0.25) is 0 Å². The molecule has 0 amide bonds. The number of hydrogen-bond acceptors (Lipinski definition) is 4. The quantitative estimate of drug-likeness (QED) is 0.660. The molecule has 0 N–H and O–H groups in total. The van der Waals surface area contributed by atoms with Crippen LogP contribution in [0.4, 0.5) is 0 Å². The van der Waals surface area contributed by atoms with E-state index in [1.54, 1.807) is 30.6 Å². The van der Waals surface area contributed by atoms with E-state index in [0.29, 0.717) is 11.1 Å². The molecule has 3 nitrogen and oxygen atoms in total. The second-order valence-electron chi connectivity index (χ2n) is 3.86. The maximum Gasteiger partial charge on any atom is 0.344 e. The van der Waals surface area contributed by atoms with E-state index < -0.39 is 0 Å². The maximum absolute atomic E-state index is 11.9. The normalized spacial score (nSPS) is 10.7. The summed E-state index contributed by atoms with van der Waals surface area (Å²) in [5.74, 6) is 0.743. The molecule has 0 atom stereocenters. The van der Waals surface area contributed by atoms with Crippen molar-refractivity contribution in [3.63, 3.8) is 0 Å². The van der Waals surface area contributed by atoms with E-state index in [2.05, 4.69) is 0 Å². The number of methoxy groups -OCH3 is 1. The molecule has 0 unspecified atom stereocenters. The zero-order chi connectivity index (χ0) is 12.5. The summed E-state index contributed by atoms with van der Waals surface area (Å²) in [5, 5.41) is 4.72. The Bertz CT molecular complexity index is 741. The van der Waals surface area contributed by atoms with E-state index in [0.717, 1.165) is 16.7 Å². The van der Waals surface area contributed by atoms with Gasteiger partial charge in [-0.2, -0.15) is 11.3 Å². The Morgan fingerprint density at radius 1 is 1.22 bits per heavy atom. The topological polar surface area (TPSA) is 39.4 Å². The summed E-state index contributed by atoms with van der Waals surface area (Å²) in [5.41, 5.74) is 1.72. The highest BCUT2D eigenvalue weighted by molar-refractivity contribution is 7.08. The zero-order valence-corrected chi connectivity index (χ0v) is 10.5. The molecule has 2 heterocycles. The Hall–Kier alpha value is -2.07. The van der Waals surface area contributed by atoms with Crippen LogP contribution >= 0.6 is 11.3 Å². The molecule has 90 valence electrons. The minimum atomic E-state index is -0.314. The fourth-order valence-electron chi connectivity index (χ4n) is 1.85. The standard InChI is InChI=1S/C14H10O3S/c1-16-11-2-3-13-10(6-11)7-12(14(15)17-13)9-4-5-18-8-9/h2-8H,1H3. The molecule has 0 fully saturated rings. The van der Waals surface area contributed by atoms with E-state index in [-0.39, 0.29) is 5.63 Å². The van der Waals surface area contributed by atoms with Crippen molar-refractivity contribution in [1.29, 1.82) is 0 Å². The third-order valence-corrected chi connectivity index (χ3v) is 3.45. The largest absolute Gasteiger partial charge is 0.497 e. The lowest BCUT2D eigenvalue weighted by atomic mass is 10.1. The molecule has 0 aliphatic rings. The molecule has 3 aromatic rings. The van der Waals surface area contributed by atoms with Gasteiger partial charge in [0.15, 0.2) is 0 Å². The summed E-state index contributed by atoms with van der Waals surface area (Å²) in [7, 11) is 1.61. The average Bonchev–Trinajstić information content (AvgIpc) is 2.91. The molecule has 0 saturated carbocycles. The summed E-state index contributed by atoms with van der Waals surface area (Å²) >= 11 is 1.55. The fraction of sp³-hybridized carbons (Fsp3) is 0.0714. The highest BCUT2D eigenvalue weighted by Gasteiger charge is 2.08. The molecule has 0 saturated heterocycles. The predicted molar refractivity (Wildman–Crippen MR) is 72.3 cm³/mol. The number of ether oxygens (including phenoxy) is 1. The van der Waals surface area contributed by atoms with Crippen molar-refractivity contribution >= 4 is 22.3 Å². The average molecular weight is 258 g/mol. The molecule has 2 aromatic heterocycles. The zero-order valence-electron chi connectivity index (χ0n) is 9.67. The van der Waals surface area contributed by atoms with Crippen LogP contribution < -0.4 is 10.4 Å². The van der Waals surface area contributed by atoms with Crippen LogP contribution in [0.5, 0.6) is 5.75 Å². The summed E-state index contributed by atoms with van der Waals surface area (Å²) in [4.78, 5) is 11.9. The lowest BCUT2D eigenvalue weighted by molar-refractivity contribution is 0.415. The Morgan fingerprint density at radius 2 is 2.11 bits per heavy atom. The van der Waals surface area contributed by atoms with Gasteiger partial charge < -0.3 is 9.15 Å². The third kappa shape index (κ3) is 1.80. The minimum Gasteiger partial charge on any atom is -0.497 e. The molecule has 0 aliphatic carbocycles. The first kappa shape index (κ1) is 11.0. The van der Waals surface area contributed by atoms with Crippen LogP contribution in [-0.4, -0.2) is 7.11 Å². The summed E-state index contributed by atoms with van der Waals surface area (Å²) in [6.07, 6.45) is 0. The van der Waals surface area contributed by atoms with Crippen molar-refractivity contribution in [3.05, 3.63) is 51.5 Å². The third-order valence-electron chi connectivity index (χ3n) is 2.77. The van der Waals surface area contributed by atoms with Crippen molar-refractivity contribution in [2.75, 3.05) is 7.11 Å². The molecule has 4 heteroatoms. The van der Waals surface area contributed by atoms with Crippen molar-refractivity contribution in [3.8, 4) is 16.9 Å². The van der Waals surface area contributed by atoms with E-state index in [9.17, 15) is 4.79 Å². The Kier molecular flexibility index (Phi) is 2.64. The summed E-state index contributed by atoms with van der Waals surface area (Å²) in [6.45, 7) is 0. The molecule has 0 radical (unpaired) electrons. The van der Waals surface area contributed by atoms with Gasteiger partial charge in [-0.15, -0.1) is 0 Å². The van der Waals surface area contributed by atoms with Gasteiger partial charge in [0, 0.05) is 5.39 Å². The number of rotatable bonds is 2. The van der Waals surface area contributed by atoms with Gasteiger partial charge in [-0.3, -0.25) is 0 Å². The number of fused-ring (bicyclic) bond motifs is 1. The van der Waals surface area contributed by atoms with E-state index in [1.807, 2.05) is 29.0 Å². The van der Waals surface area contributed by atoms with E-state index in [1.165, 1.54) is 0 Å². The van der Waals surface area contributed by atoms with Crippen molar-refractivity contribution in [2.45, 2.75) is 0 Å². The maximum atomic E-state index is 11.9. The second kappa shape index (κ2) is 4.31. The van der Waals surface area contributed by atoms with Gasteiger partial charge in [0.1, 0.15) is 11.3 Å². The summed E-state index contributed by atoms with van der Waals surface area (Å²) < 4.78 is 10.5. The Balaban J connectivity index is 2.28. The molecule has 18 heavy (non-hydrogen) atoms. The molecule has 3 rings (SSSR count). The first-order valence-corrected chi connectivity index (χ1v) is 6.37. The van der Waals surface area contributed by atoms with Crippen molar-refractivity contribution in [1.82, 2.24) is 0 Å².